The third-order valence-electron chi connectivity index (χ3n) is 4.27. The van der Waals surface area contributed by atoms with Gasteiger partial charge in [0.1, 0.15) is 5.78 Å². The molecule has 1 aromatic carbocycles. The van der Waals surface area contributed by atoms with Crippen LogP contribution in [0.3, 0.4) is 0 Å². The summed E-state index contributed by atoms with van der Waals surface area (Å²) in [5, 5.41) is 10.6. The highest BCUT2D eigenvalue weighted by molar-refractivity contribution is 7.20. The molecule has 0 amide bonds. The predicted molar refractivity (Wildman–Crippen MR) is 95.2 cm³/mol. The van der Waals surface area contributed by atoms with Gasteiger partial charge in [0.25, 0.3) is 0 Å². The average Bonchev–Trinajstić information content (AvgIpc) is 2.94. The number of aliphatic hydroxyl groups is 1. The Morgan fingerprint density at radius 3 is 2.57 bits per heavy atom. The number of benzene rings is 1. The first kappa shape index (κ1) is 17.8. The number of Topliss-reactive ketones (excluding diaryl/α,β-unsaturated/α-hetero) is 2. The van der Waals surface area contributed by atoms with Crippen LogP contribution in [0.2, 0.25) is 0 Å². The SMILES string of the molecule is CCCCc1cc2cc(C(=O)CC(C)C(C)=O)sc2cc1CO. The Bertz CT molecular complexity index is 715. The molecule has 1 aromatic heterocycles. The minimum absolute atomic E-state index is 0.0227. The molecule has 1 unspecified atom stereocenters. The summed E-state index contributed by atoms with van der Waals surface area (Å²) in [7, 11) is 0. The molecule has 1 N–H and O–H groups in total. The third kappa shape index (κ3) is 4.27. The highest BCUT2D eigenvalue weighted by Gasteiger charge is 2.17. The first-order valence-electron chi connectivity index (χ1n) is 8.16. The Labute approximate surface area is 141 Å². The number of thiophene rings is 1. The number of hydrogen-bond acceptors (Lipinski definition) is 4. The molecule has 0 aliphatic rings. The van der Waals surface area contributed by atoms with Gasteiger partial charge in [-0.2, -0.15) is 0 Å². The molecule has 2 rings (SSSR count). The maximum Gasteiger partial charge on any atom is 0.173 e. The Morgan fingerprint density at radius 1 is 1.22 bits per heavy atom. The molecule has 1 atom stereocenters. The fourth-order valence-electron chi connectivity index (χ4n) is 2.58. The molecule has 0 saturated heterocycles. The summed E-state index contributed by atoms with van der Waals surface area (Å²) in [5.41, 5.74) is 2.11. The first-order chi connectivity index (χ1) is 11.0. The lowest BCUT2D eigenvalue weighted by Gasteiger charge is -2.07. The molecule has 0 fully saturated rings. The van der Waals surface area contributed by atoms with Gasteiger partial charge in [0, 0.05) is 17.0 Å². The molecule has 4 heteroatoms. The molecule has 1 heterocycles. The number of carbonyl (C=O) groups excluding carboxylic acids is 2. The number of hydrogen-bond donors (Lipinski definition) is 1. The average molecular weight is 332 g/mol. The van der Waals surface area contributed by atoms with Crippen LogP contribution in [0, 0.1) is 5.92 Å². The molecule has 3 nitrogen and oxygen atoms in total. The van der Waals surface area contributed by atoms with Crippen molar-refractivity contribution in [1.82, 2.24) is 0 Å². The Morgan fingerprint density at radius 2 is 1.96 bits per heavy atom. The quantitative estimate of drug-likeness (QED) is 0.722. The molecule has 0 radical (unpaired) electrons. The molecule has 2 aromatic rings. The first-order valence-corrected chi connectivity index (χ1v) is 8.97. The number of rotatable bonds is 8. The van der Waals surface area contributed by atoms with Crippen molar-refractivity contribution >= 4 is 33.0 Å². The lowest BCUT2D eigenvalue weighted by molar-refractivity contribution is -0.120. The number of ketones is 2. The lowest BCUT2D eigenvalue weighted by Crippen LogP contribution is -2.11. The molecule has 0 spiro atoms. The minimum atomic E-state index is -0.235. The van der Waals surface area contributed by atoms with Crippen molar-refractivity contribution in [1.29, 1.82) is 0 Å². The summed E-state index contributed by atoms with van der Waals surface area (Å²) in [6.07, 6.45) is 3.41. The summed E-state index contributed by atoms with van der Waals surface area (Å²) in [6, 6.07) is 6.01. The van der Waals surface area contributed by atoms with Crippen LogP contribution < -0.4 is 0 Å². The van der Waals surface area contributed by atoms with E-state index in [1.165, 1.54) is 18.3 Å². The van der Waals surface area contributed by atoms with Crippen LogP contribution in [-0.4, -0.2) is 16.7 Å². The van der Waals surface area contributed by atoms with Gasteiger partial charge in [0.05, 0.1) is 11.5 Å². The van der Waals surface area contributed by atoms with Gasteiger partial charge in [-0.05, 0) is 54.5 Å². The third-order valence-corrected chi connectivity index (χ3v) is 5.41. The van der Waals surface area contributed by atoms with Gasteiger partial charge >= 0.3 is 0 Å². The molecule has 0 saturated carbocycles. The Hall–Kier alpha value is -1.52. The van der Waals surface area contributed by atoms with Crippen LogP contribution in [0.25, 0.3) is 10.1 Å². The van der Waals surface area contributed by atoms with Crippen molar-refractivity contribution in [3.8, 4) is 0 Å². The van der Waals surface area contributed by atoms with Crippen LogP contribution in [0.5, 0.6) is 0 Å². The van der Waals surface area contributed by atoms with Gasteiger partial charge in [0.2, 0.25) is 0 Å². The van der Waals surface area contributed by atoms with E-state index in [1.54, 1.807) is 6.92 Å². The van der Waals surface area contributed by atoms with Gasteiger partial charge in [-0.1, -0.05) is 20.3 Å². The summed E-state index contributed by atoms with van der Waals surface area (Å²) in [5.74, 6) is -0.167. The van der Waals surface area contributed by atoms with E-state index in [1.807, 2.05) is 12.1 Å². The molecule has 124 valence electrons. The summed E-state index contributed by atoms with van der Waals surface area (Å²) >= 11 is 1.45. The number of fused-ring (bicyclic) bond motifs is 1. The van der Waals surface area contributed by atoms with E-state index >= 15 is 0 Å². The van der Waals surface area contributed by atoms with E-state index in [4.69, 9.17) is 0 Å². The molecular formula is C19H24O3S. The monoisotopic (exact) mass is 332 g/mol. The molecule has 0 bridgehead atoms. The van der Waals surface area contributed by atoms with Gasteiger partial charge in [0.15, 0.2) is 5.78 Å². The lowest BCUT2D eigenvalue weighted by atomic mass is 9.99. The molecule has 0 aliphatic heterocycles. The highest BCUT2D eigenvalue weighted by atomic mass is 32.1. The standard InChI is InChI=1S/C19H24O3S/c1-4-5-6-14-8-15-9-19(17(22)7-12(2)13(3)21)23-18(15)10-16(14)11-20/h8-10,12,20H,4-7,11H2,1-3H3. The van der Waals surface area contributed by atoms with Gasteiger partial charge in [-0.25, -0.2) is 0 Å². The van der Waals surface area contributed by atoms with Gasteiger partial charge in [-0.15, -0.1) is 11.3 Å². The fraction of sp³-hybridized carbons (Fsp3) is 0.474. The Balaban J connectivity index is 2.30. The zero-order valence-electron chi connectivity index (χ0n) is 14.0. The van der Waals surface area contributed by atoms with Gasteiger partial charge < -0.3 is 5.11 Å². The maximum absolute atomic E-state index is 12.3. The van der Waals surface area contributed by atoms with Crippen molar-refractivity contribution in [3.05, 3.63) is 34.2 Å². The number of unbranched alkanes of at least 4 members (excludes halogenated alkanes) is 1. The largest absolute Gasteiger partial charge is 0.392 e. The van der Waals surface area contributed by atoms with E-state index in [0.717, 1.165) is 40.5 Å². The predicted octanol–water partition coefficient (Wildman–Crippen LogP) is 4.53. The fourth-order valence-corrected chi connectivity index (χ4v) is 3.64. The Kier molecular flexibility index (Phi) is 6.08. The van der Waals surface area contributed by atoms with Crippen LogP contribution in [0.4, 0.5) is 0 Å². The van der Waals surface area contributed by atoms with E-state index in [-0.39, 0.29) is 30.5 Å². The maximum atomic E-state index is 12.3. The van der Waals surface area contributed by atoms with Crippen LogP contribution in [0.15, 0.2) is 18.2 Å². The van der Waals surface area contributed by atoms with Crippen LogP contribution in [0.1, 0.15) is 60.8 Å². The minimum Gasteiger partial charge on any atom is -0.392 e. The summed E-state index contributed by atoms with van der Waals surface area (Å²) < 4.78 is 1.02. The van der Waals surface area contributed by atoms with Gasteiger partial charge in [-0.3, -0.25) is 9.59 Å². The van der Waals surface area contributed by atoms with Crippen molar-refractivity contribution in [3.63, 3.8) is 0 Å². The number of aryl methyl sites for hydroxylation is 1. The summed E-state index contributed by atoms with van der Waals surface area (Å²) in [6.45, 7) is 5.49. The second kappa shape index (κ2) is 7.84. The van der Waals surface area contributed by atoms with E-state index in [9.17, 15) is 14.7 Å². The molecule has 23 heavy (non-hydrogen) atoms. The second-order valence-corrected chi connectivity index (χ2v) is 7.25. The zero-order chi connectivity index (χ0) is 17.0. The smallest absolute Gasteiger partial charge is 0.173 e. The van der Waals surface area contributed by atoms with Crippen molar-refractivity contribution in [2.45, 2.75) is 53.1 Å². The number of aliphatic hydroxyl groups excluding tert-OH is 1. The molecule has 0 aliphatic carbocycles. The van der Waals surface area contributed by atoms with Crippen LogP contribution >= 0.6 is 11.3 Å². The van der Waals surface area contributed by atoms with E-state index < -0.39 is 0 Å². The second-order valence-electron chi connectivity index (χ2n) is 6.17. The van der Waals surface area contributed by atoms with Crippen molar-refractivity contribution in [2.24, 2.45) is 5.92 Å². The normalized spacial score (nSPS) is 12.5. The van der Waals surface area contributed by atoms with E-state index in [0.29, 0.717) is 4.88 Å². The van der Waals surface area contributed by atoms with Crippen molar-refractivity contribution < 1.29 is 14.7 Å². The van der Waals surface area contributed by atoms with E-state index in [2.05, 4.69) is 13.0 Å². The number of carbonyl (C=O) groups is 2. The van der Waals surface area contributed by atoms with Crippen LogP contribution in [-0.2, 0) is 17.8 Å². The highest BCUT2D eigenvalue weighted by Crippen LogP contribution is 2.31. The topological polar surface area (TPSA) is 54.4 Å². The summed E-state index contributed by atoms with van der Waals surface area (Å²) in [4.78, 5) is 24.4. The zero-order valence-corrected chi connectivity index (χ0v) is 14.8. The van der Waals surface area contributed by atoms with Crippen molar-refractivity contribution in [2.75, 3.05) is 0 Å². The molecular weight excluding hydrogens is 308 g/mol.